The van der Waals surface area contributed by atoms with Crippen LogP contribution >= 0.6 is 0 Å². The molecule has 0 aliphatic heterocycles. The zero-order valence-corrected chi connectivity index (χ0v) is 14.0. The first-order valence-electron chi connectivity index (χ1n) is 7.31. The molecule has 0 saturated heterocycles. The van der Waals surface area contributed by atoms with E-state index in [4.69, 9.17) is 5.73 Å². The predicted octanol–water partition coefficient (Wildman–Crippen LogP) is 1.20. The summed E-state index contributed by atoms with van der Waals surface area (Å²) in [6.45, 7) is 3.38. The van der Waals surface area contributed by atoms with Crippen molar-refractivity contribution >= 4 is 10.0 Å². The Morgan fingerprint density at radius 1 is 1.24 bits per heavy atom. The lowest BCUT2D eigenvalue weighted by Gasteiger charge is -2.17. The van der Waals surface area contributed by atoms with Gasteiger partial charge in [0.25, 0.3) is 0 Å². The molecule has 0 aliphatic carbocycles. The largest absolute Gasteiger partial charge is 0.330 e. The van der Waals surface area contributed by atoms with Crippen molar-refractivity contribution in [2.75, 3.05) is 27.2 Å². The highest BCUT2D eigenvalue weighted by Gasteiger charge is 2.17. The van der Waals surface area contributed by atoms with Crippen LogP contribution in [0, 0.1) is 0 Å². The van der Waals surface area contributed by atoms with E-state index in [2.05, 4.69) is 4.72 Å². The van der Waals surface area contributed by atoms with Crippen molar-refractivity contribution in [1.82, 2.24) is 9.62 Å². The summed E-state index contributed by atoms with van der Waals surface area (Å²) in [6.07, 6.45) is 2.57. The number of rotatable bonds is 9. The van der Waals surface area contributed by atoms with Crippen molar-refractivity contribution in [3.63, 3.8) is 0 Å². The van der Waals surface area contributed by atoms with E-state index in [9.17, 15) is 8.42 Å². The monoisotopic (exact) mass is 313 g/mol. The Morgan fingerprint density at radius 3 is 2.38 bits per heavy atom. The first-order chi connectivity index (χ1) is 9.85. The number of benzene rings is 1. The zero-order chi connectivity index (χ0) is 15.9. The molecule has 3 N–H and O–H groups in total. The highest BCUT2D eigenvalue weighted by Crippen LogP contribution is 2.12. The van der Waals surface area contributed by atoms with E-state index in [1.807, 2.05) is 38.1 Å². The molecule has 6 heteroatoms. The maximum atomic E-state index is 12.3. The summed E-state index contributed by atoms with van der Waals surface area (Å²) >= 11 is 0. The third-order valence-corrected chi connectivity index (χ3v) is 4.87. The fraction of sp³-hybridized carbons (Fsp3) is 0.600. The quantitative estimate of drug-likeness (QED) is 0.718. The lowest BCUT2D eigenvalue weighted by molar-refractivity contribution is 0.379. The third kappa shape index (κ3) is 6.56. The van der Waals surface area contributed by atoms with Crippen LogP contribution in [0.2, 0.25) is 0 Å². The van der Waals surface area contributed by atoms with Crippen molar-refractivity contribution in [2.45, 2.75) is 37.1 Å². The standard InChI is InChI=1S/C15H27N3O2S/c1-13(10-12-18(2)3)17-21(19,20)15-8-6-14(7-9-15)5-4-11-16/h6-9,13,17H,4-5,10-12,16H2,1-3H3. The Labute approximate surface area is 128 Å². The maximum Gasteiger partial charge on any atom is 0.240 e. The van der Waals surface area contributed by atoms with Gasteiger partial charge in [-0.2, -0.15) is 0 Å². The minimum Gasteiger partial charge on any atom is -0.330 e. The van der Waals surface area contributed by atoms with E-state index in [-0.39, 0.29) is 6.04 Å². The molecule has 5 nitrogen and oxygen atoms in total. The molecule has 1 aromatic carbocycles. The third-order valence-electron chi connectivity index (χ3n) is 3.27. The first kappa shape index (κ1) is 18.1. The molecule has 21 heavy (non-hydrogen) atoms. The molecule has 1 atom stereocenters. The number of hydrogen-bond acceptors (Lipinski definition) is 4. The molecule has 0 fully saturated rings. The van der Waals surface area contributed by atoms with Crippen LogP contribution < -0.4 is 10.5 Å². The highest BCUT2D eigenvalue weighted by molar-refractivity contribution is 7.89. The molecule has 120 valence electrons. The van der Waals surface area contributed by atoms with Gasteiger partial charge in [0.05, 0.1) is 4.90 Å². The first-order valence-corrected chi connectivity index (χ1v) is 8.79. The van der Waals surface area contributed by atoms with Gasteiger partial charge in [-0.15, -0.1) is 0 Å². The van der Waals surface area contributed by atoms with E-state index in [0.29, 0.717) is 11.4 Å². The Hall–Kier alpha value is -0.950. The van der Waals surface area contributed by atoms with Crippen molar-refractivity contribution in [3.05, 3.63) is 29.8 Å². The van der Waals surface area contributed by atoms with Crippen LogP contribution in [0.3, 0.4) is 0 Å². The summed E-state index contributed by atoms with van der Waals surface area (Å²) in [5.41, 5.74) is 6.58. The molecule has 0 spiro atoms. The van der Waals surface area contributed by atoms with Gasteiger partial charge >= 0.3 is 0 Å². The van der Waals surface area contributed by atoms with Crippen molar-refractivity contribution in [3.8, 4) is 0 Å². The van der Waals surface area contributed by atoms with Crippen LogP contribution in [0.4, 0.5) is 0 Å². The van der Waals surface area contributed by atoms with Crippen molar-refractivity contribution in [2.24, 2.45) is 5.73 Å². The van der Waals surface area contributed by atoms with Crippen LogP contribution in [-0.2, 0) is 16.4 Å². The molecule has 1 rings (SSSR count). The van der Waals surface area contributed by atoms with Crippen LogP contribution in [-0.4, -0.2) is 46.5 Å². The Morgan fingerprint density at radius 2 is 1.86 bits per heavy atom. The molecule has 0 radical (unpaired) electrons. The van der Waals surface area contributed by atoms with Crippen molar-refractivity contribution in [1.29, 1.82) is 0 Å². The second-order valence-electron chi connectivity index (χ2n) is 5.65. The normalized spacial score (nSPS) is 13.6. The van der Waals surface area contributed by atoms with Gasteiger partial charge in [0.2, 0.25) is 10.0 Å². The molecule has 1 aromatic rings. The average molecular weight is 313 g/mol. The Kier molecular flexibility index (Phi) is 7.31. The van der Waals surface area contributed by atoms with Gasteiger partial charge in [0.1, 0.15) is 0 Å². The molecule has 0 heterocycles. The van der Waals surface area contributed by atoms with Gasteiger partial charge < -0.3 is 10.6 Å². The summed E-state index contributed by atoms with van der Waals surface area (Å²) in [6, 6.07) is 6.94. The van der Waals surface area contributed by atoms with Crippen LogP contribution in [0.1, 0.15) is 25.3 Å². The van der Waals surface area contributed by atoms with Crippen LogP contribution in [0.15, 0.2) is 29.2 Å². The number of nitrogens with one attached hydrogen (secondary N) is 1. The lowest BCUT2D eigenvalue weighted by Crippen LogP contribution is -2.34. The Bertz CT molecular complexity index is 512. The molecule has 1 unspecified atom stereocenters. The number of aryl methyl sites for hydroxylation is 1. The Balaban J connectivity index is 2.65. The van der Waals surface area contributed by atoms with E-state index < -0.39 is 10.0 Å². The maximum absolute atomic E-state index is 12.3. The summed E-state index contributed by atoms with van der Waals surface area (Å²) in [5, 5.41) is 0. The molecule has 0 saturated carbocycles. The number of sulfonamides is 1. The smallest absolute Gasteiger partial charge is 0.240 e. The predicted molar refractivity (Wildman–Crippen MR) is 86.8 cm³/mol. The SMILES string of the molecule is CC(CCN(C)C)NS(=O)(=O)c1ccc(CCCN)cc1. The number of nitrogens with zero attached hydrogens (tertiary/aromatic N) is 1. The minimum atomic E-state index is -3.44. The van der Waals surface area contributed by atoms with Gasteiger partial charge in [0, 0.05) is 6.04 Å². The summed E-state index contributed by atoms with van der Waals surface area (Å²) in [4.78, 5) is 2.35. The van der Waals surface area contributed by atoms with Gasteiger partial charge in [-0.3, -0.25) is 0 Å². The van der Waals surface area contributed by atoms with Crippen LogP contribution in [0.5, 0.6) is 0 Å². The fourth-order valence-electron chi connectivity index (χ4n) is 1.99. The summed E-state index contributed by atoms with van der Waals surface area (Å²) < 4.78 is 27.3. The second-order valence-corrected chi connectivity index (χ2v) is 7.36. The van der Waals surface area contributed by atoms with Crippen molar-refractivity contribution < 1.29 is 8.42 Å². The fourth-order valence-corrected chi connectivity index (χ4v) is 3.26. The molecule has 0 aromatic heterocycles. The molecule has 0 bridgehead atoms. The zero-order valence-electron chi connectivity index (χ0n) is 13.2. The topological polar surface area (TPSA) is 75.4 Å². The number of hydrogen-bond donors (Lipinski definition) is 2. The molecular weight excluding hydrogens is 286 g/mol. The van der Waals surface area contributed by atoms with Gasteiger partial charge in [-0.25, -0.2) is 13.1 Å². The number of nitrogens with two attached hydrogens (primary N) is 1. The van der Waals surface area contributed by atoms with Crippen LogP contribution in [0.25, 0.3) is 0 Å². The van der Waals surface area contributed by atoms with Gasteiger partial charge in [-0.1, -0.05) is 12.1 Å². The molecular formula is C15H27N3O2S. The lowest BCUT2D eigenvalue weighted by atomic mass is 10.1. The molecule has 0 aliphatic rings. The van der Waals surface area contributed by atoms with E-state index in [1.54, 1.807) is 12.1 Å². The second kappa shape index (κ2) is 8.48. The van der Waals surface area contributed by atoms with E-state index >= 15 is 0 Å². The molecule has 0 amide bonds. The van der Waals surface area contributed by atoms with Gasteiger partial charge in [0.15, 0.2) is 0 Å². The minimum absolute atomic E-state index is 0.0886. The summed E-state index contributed by atoms with van der Waals surface area (Å²) in [7, 11) is 0.509. The van der Waals surface area contributed by atoms with Gasteiger partial charge in [-0.05, 0) is 71.1 Å². The summed E-state index contributed by atoms with van der Waals surface area (Å²) in [5.74, 6) is 0. The highest BCUT2D eigenvalue weighted by atomic mass is 32.2. The van der Waals surface area contributed by atoms with E-state index in [0.717, 1.165) is 31.4 Å². The van der Waals surface area contributed by atoms with E-state index in [1.165, 1.54) is 0 Å². The average Bonchev–Trinajstić information content (AvgIpc) is 2.43.